The number of ketones is 1. The Balaban J connectivity index is 1.95. The zero-order chi connectivity index (χ0) is 25.4. The number of allylic oxidation sites excluding steroid dienone is 2. The number of hydrogen-bond donors (Lipinski definition) is 0. The van der Waals surface area contributed by atoms with E-state index in [4.69, 9.17) is 32.7 Å². The second-order valence-electron chi connectivity index (χ2n) is 8.54. The lowest BCUT2D eigenvalue weighted by molar-refractivity contribution is -0.112. The van der Waals surface area contributed by atoms with E-state index in [1.54, 1.807) is 24.3 Å². The van der Waals surface area contributed by atoms with Crippen LogP contribution < -0.4 is 9.47 Å². The van der Waals surface area contributed by atoms with E-state index in [-0.39, 0.29) is 27.3 Å². The molecule has 0 bridgehead atoms. The molecule has 7 heteroatoms. The van der Waals surface area contributed by atoms with Gasteiger partial charge in [-0.3, -0.25) is 4.79 Å². The van der Waals surface area contributed by atoms with Gasteiger partial charge >= 0.3 is 0 Å². The number of hydrogen-bond acceptors (Lipinski definition) is 3. The maximum Gasteiger partial charge on any atom is 0.185 e. The summed E-state index contributed by atoms with van der Waals surface area (Å²) in [7, 11) is 0. The van der Waals surface area contributed by atoms with E-state index in [0.717, 1.165) is 25.7 Å². The number of ether oxygens (including phenoxy) is 2. The molecule has 0 unspecified atom stereocenters. The molecule has 0 saturated heterocycles. The number of carbonyl (C=O) groups excluding carboxylic acids is 1. The van der Waals surface area contributed by atoms with Crippen LogP contribution in [0.15, 0.2) is 35.4 Å². The van der Waals surface area contributed by atoms with Crippen molar-refractivity contribution in [3.8, 4) is 11.5 Å². The summed E-state index contributed by atoms with van der Waals surface area (Å²) in [5.74, 6) is -1.15. The number of unbranched alkanes of at least 4 members (excludes halogenated alkanes) is 2. The zero-order valence-corrected chi connectivity index (χ0v) is 21.6. The van der Waals surface area contributed by atoms with Crippen LogP contribution in [0.5, 0.6) is 11.5 Å². The Hall–Kier alpha value is -2.37. The smallest absolute Gasteiger partial charge is 0.185 e. The molecule has 0 heterocycles. The first-order chi connectivity index (χ1) is 16.8. The molecule has 1 aliphatic rings. The predicted molar refractivity (Wildman–Crippen MR) is 138 cm³/mol. The van der Waals surface area contributed by atoms with Crippen molar-refractivity contribution in [1.29, 1.82) is 0 Å². The van der Waals surface area contributed by atoms with Crippen LogP contribution >= 0.6 is 23.2 Å². The van der Waals surface area contributed by atoms with Crippen LogP contribution in [0.25, 0.3) is 12.2 Å². The molecule has 1 aliphatic carbocycles. The third kappa shape index (κ3) is 7.31. The van der Waals surface area contributed by atoms with Crippen LogP contribution in [0.3, 0.4) is 0 Å². The topological polar surface area (TPSA) is 35.5 Å². The minimum absolute atomic E-state index is 0.0859. The summed E-state index contributed by atoms with van der Waals surface area (Å²) in [6, 6.07) is 5.59. The molecule has 0 amide bonds. The first-order valence-corrected chi connectivity index (χ1v) is 12.8. The van der Waals surface area contributed by atoms with Gasteiger partial charge < -0.3 is 9.47 Å². The summed E-state index contributed by atoms with van der Waals surface area (Å²) >= 11 is 12.2. The van der Waals surface area contributed by atoms with Gasteiger partial charge in [0, 0.05) is 32.3 Å². The quantitative estimate of drug-likeness (QED) is 0.231. The van der Waals surface area contributed by atoms with Gasteiger partial charge in [0.1, 0.15) is 0 Å². The fourth-order valence-electron chi connectivity index (χ4n) is 3.87. The van der Waals surface area contributed by atoms with Crippen LogP contribution in [-0.2, 0) is 4.79 Å². The highest BCUT2D eigenvalue weighted by atomic mass is 35.5. The normalized spacial score (nSPS) is 16.2. The minimum Gasteiger partial charge on any atom is -0.490 e. The van der Waals surface area contributed by atoms with E-state index < -0.39 is 11.6 Å². The van der Waals surface area contributed by atoms with E-state index in [9.17, 15) is 13.6 Å². The Labute approximate surface area is 215 Å². The van der Waals surface area contributed by atoms with Gasteiger partial charge in [0.25, 0.3) is 0 Å². The molecule has 0 aliphatic heterocycles. The molecule has 2 aromatic carbocycles. The number of Topliss-reactive ketones (excluding diaryl/α,β-unsaturated/α-hetero) is 1. The maximum absolute atomic E-state index is 14.6. The number of carbonyl (C=O) groups is 1. The Morgan fingerprint density at radius 3 is 1.63 bits per heavy atom. The molecule has 0 N–H and O–H groups in total. The molecule has 0 atom stereocenters. The molecule has 3 nitrogen and oxygen atoms in total. The molecule has 2 aromatic rings. The highest BCUT2D eigenvalue weighted by Gasteiger charge is 2.23. The maximum atomic E-state index is 14.6. The fraction of sp³-hybridized carbons (Fsp3) is 0.393. The van der Waals surface area contributed by atoms with Gasteiger partial charge in [-0.2, -0.15) is 0 Å². The van der Waals surface area contributed by atoms with Gasteiger partial charge in [-0.25, -0.2) is 8.78 Å². The molecule has 3 rings (SSSR count). The highest BCUT2D eigenvalue weighted by molar-refractivity contribution is 6.31. The van der Waals surface area contributed by atoms with Crippen molar-refractivity contribution in [2.24, 2.45) is 0 Å². The van der Waals surface area contributed by atoms with Gasteiger partial charge in [0.15, 0.2) is 28.9 Å². The molecule has 1 fully saturated rings. The monoisotopic (exact) mass is 522 g/mol. The number of benzene rings is 2. The molecule has 188 valence electrons. The Kier molecular flexibility index (Phi) is 10.2. The first-order valence-electron chi connectivity index (χ1n) is 12.0. The first kappa shape index (κ1) is 27.2. The fourth-order valence-corrected chi connectivity index (χ4v) is 4.30. The molecule has 1 saturated carbocycles. The van der Waals surface area contributed by atoms with Gasteiger partial charge in [0.05, 0.1) is 13.2 Å². The van der Waals surface area contributed by atoms with Crippen LogP contribution in [0, 0.1) is 11.6 Å². The summed E-state index contributed by atoms with van der Waals surface area (Å²) in [6.45, 7) is 4.77. The molecule has 0 radical (unpaired) electrons. The van der Waals surface area contributed by atoms with Crippen molar-refractivity contribution in [1.82, 2.24) is 0 Å². The lowest BCUT2D eigenvalue weighted by Gasteiger charge is -2.18. The highest BCUT2D eigenvalue weighted by Crippen LogP contribution is 2.35. The second-order valence-corrected chi connectivity index (χ2v) is 9.41. The third-order valence-corrected chi connectivity index (χ3v) is 6.13. The van der Waals surface area contributed by atoms with Crippen LogP contribution in [0.2, 0.25) is 10.0 Å². The Morgan fingerprint density at radius 1 is 0.800 bits per heavy atom. The largest absolute Gasteiger partial charge is 0.490 e. The standard InChI is InChI=1S/C28H30Cl2F2O3/c1-3-5-10-34-27-20(14-22(29)16-24(27)31)12-18-8-7-9-19(26(18)33)13-21-15-23(30)17-25(32)28(21)35-11-6-4-2/h12-17H,3-11H2,1-2H3/b18-12+,19-13+. The van der Waals surface area contributed by atoms with E-state index in [1.807, 2.05) is 13.8 Å². The lowest BCUT2D eigenvalue weighted by Crippen LogP contribution is -2.13. The average Bonchev–Trinajstić information content (AvgIpc) is 2.80. The van der Waals surface area contributed by atoms with Crippen LogP contribution in [0.4, 0.5) is 8.78 Å². The Bertz CT molecular complexity index is 1040. The Morgan fingerprint density at radius 2 is 1.23 bits per heavy atom. The predicted octanol–water partition coefficient (Wildman–Crippen LogP) is 8.85. The summed E-state index contributed by atoms with van der Waals surface area (Å²) in [5, 5.41) is 0.443. The SMILES string of the molecule is CCCCOc1c(F)cc(Cl)cc1/C=C1\CCC/C(=C\c2cc(Cl)cc(F)c2OCCCC)C1=O. The minimum atomic E-state index is -0.567. The van der Waals surface area contributed by atoms with Crippen molar-refractivity contribution < 1.29 is 23.0 Å². The van der Waals surface area contributed by atoms with Crippen molar-refractivity contribution in [2.75, 3.05) is 13.2 Å². The van der Waals surface area contributed by atoms with Gasteiger partial charge in [-0.15, -0.1) is 0 Å². The summed E-state index contributed by atoms with van der Waals surface area (Å²) in [6.07, 6.45) is 8.44. The molecule has 0 spiro atoms. The summed E-state index contributed by atoms with van der Waals surface area (Å²) in [5.41, 5.74) is 1.88. The zero-order valence-electron chi connectivity index (χ0n) is 20.1. The number of halogens is 4. The van der Waals surface area contributed by atoms with Gasteiger partial charge in [0.2, 0.25) is 0 Å². The molecule has 35 heavy (non-hydrogen) atoms. The van der Waals surface area contributed by atoms with Gasteiger partial charge in [-0.1, -0.05) is 49.9 Å². The van der Waals surface area contributed by atoms with E-state index >= 15 is 0 Å². The average molecular weight is 523 g/mol. The van der Waals surface area contributed by atoms with E-state index in [0.29, 0.717) is 54.7 Å². The van der Waals surface area contributed by atoms with Crippen molar-refractivity contribution in [3.05, 3.63) is 68.2 Å². The van der Waals surface area contributed by atoms with Crippen molar-refractivity contribution in [3.63, 3.8) is 0 Å². The van der Waals surface area contributed by atoms with Gasteiger partial charge in [-0.05, 0) is 68.5 Å². The third-order valence-electron chi connectivity index (χ3n) is 5.70. The second kappa shape index (κ2) is 13.1. The van der Waals surface area contributed by atoms with Crippen LogP contribution in [-0.4, -0.2) is 19.0 Å². The molecular formula is C28H30Cl2F2O3. The van der Waals surface area contributed by atoms with Crippen LogP contribution in [0.1, 0.15) is 69.9 Å². The van der Waals surface area contributed by atoms with Crippen molar-refractivity contribution in [2.45, 2.75) is 58.8 Å². The molecular weight excluding hydrogens is 493 g/mol. The molecule has 0 aromatic heterocycles. The van der Waals surface area contributed by atoms with E-state index in [1.165, 1.54) is 12.1 Å². The number of rotatable bonds is 10. The lowest BCUT2D eigenvalue weighted by atomic mass is 9.86. The summed E-state index contributed by atoms with van der Waals surface area (Å²) in [4.78, 5) is 13.3. The van der Waals surface area contributed by atoms with Crippen molar-refractivity contribution >= 4 is 41.1 Å². The van der Waals surface area contributed by atoms with E-state index in [2.05, 4.69) is 0 Å². The summed E-state index contributed by atoms with van der Waals surface area (Å²) < 4.78 is 40.6.